The highest BCUT2D eigenvalue weighted by atomic mass is 16.5. The molecule has 0 aromatic carbocycles. The van der Waals surface area contributed by atoms with E-state index in [1.54, 1.807) is 0 Å². The lowest BCUT2D eigenvalue weighted by atomic mass is 9.93. The van der Waals surface area contributed by atoms with Crippen LogP contribution < -0.4 is 5.32 Å². The van der Waals surface area contributed by atoms with E-state index < -0.39 is 0 Å². The second-order valence-corrected chi connectivity index (χ2v) is 4.64. The third-order valence-electron chi connectivity index (χ3n) is 3.21. The average molecular weight is 229 g/mol. The SMILES string of the molecule is CCCOCCCNC1CCCC(OC)C1. The fourth-order valence-electron chi connectivity index (χ4n) is 2.27. The summed E-state index contributed by atoms with van der Waals surface area (Å²) >= 11 is 0. The zero-order valence-electron chi connectivity index (χ0n) is 10.8. The first kappa shape index (κ1) is 13.9. The molecule has 0 saturated heterocycles. The molecule has 0 aromatic rings. The van der Waals surface area contributed by atoms with E-state index in [2.05, 4.69) is 12.2 Å². The van der Waals surface area contributed by atoms with Crippen LogP contribution in [0.4, 0.5) is 0 Å². The van der Waals surface area contributed by atoms with Crippen molar-refractivity contribution in [1.82, 2.24) is 5.32 Å². The minimum absolute atomic E-state index is 0.475. The molecule has 1 rings (SSSR count). The van der Waals surface area contributed by atoms with Gasteiger partial charge in [0, 0.05) is 26.4 Å². The van der Waals surface area contributed by atoms with Gasteiger partial charge in [-0.2, -0.15) is 0 Å². The summed E-state index contributed by atoms with van der Waals surface area (Å²) in [6, 6.07) is 0.657. The Morgan fingerprint density at radius 1 is 1.25 bits per heavy atom. The Balaban J connectivity index is 1.95. The lowest BCUT2D eigenvalue weighted by molar-refractivity contribution is 0.0582. The summed E-state index contributed by atoms with van der Waals surface area (Å²) in [5, 5.41) is 3.60. The summed E-state index contributed by atoms with van der Waals surface area (Å²) in [5.41, 5.74) is 0. The standard InChI is InChI=1S/C13H27NO2/c1-3-9-16-10-5-8-14-12-6-4-7-13(11-12)15-2/h12-14H,3-11H2,1-2H3. The second kappa shape index (κ2) is 8.97. The molecular formula is C13H27NO2. The molecule has 0 spiro atoms. The number of hydrogen-bond acceptors (Lipinski definition) is 3. The largest absolute Gasteiger partial charge is 0.381 e. The van der Waals surface area contributed by atoms with Gasteiger partial charge in [0.1, 0.15) is 0 Å². The maximum Gasteiger partial charge on any atom is 0.0586 e. The fraction of sp³-hybridized carbons (Fsp3) is 1.00. The molecule has 96 valence electrons. The maximum absolute atomic E-state index is 5.45. The highest BCUT2D eigenvalue weighted by Gasteiger charge is 2.20. The van der Waals surface area contributed by atoms with Crippen molar-refractivity contribution in [3.63, 3.8) is 0 Å². The van der Waals surface area contributed by atoms with E-state index in [0.29, 0.717) is 12.1 Å². The van der Waals surface area contributed by atoms with E-state index >= 15 is 0 Å². The van der Waals surface area contributed by atoms with Gasteiger partial charge in [-0.3, -0.25) is 0 Å². The Hall–Kier alpha value is -0.120. The van der Waals surface area contributed by atoms with Crippen molar-refractivity contribution < 1.29 is 9.47 Å². The van der Waals surface area contributed by atoms with Crippen molar-refractivity contribution in [2.24, 2.45) is 0 Å². The topological polar surface area (TPSA) is 30.5 Å². The van der Waals surface area contributed by atoms with E-state index in [1.807, 2.05) is 7.11 Å². The molecule has 1 saturated carbocycles. The van der Waals surface area contributed by atoms with Crippen LogP contribution in [0.3, 0.4) is 0 Å². The number of rotatable bonds is 8. The summed E-state index contributed by atoms with van der Waals surface area (Å²) in [4.78, 5) is 0. The van der Waals surface area contributed by atoms with Crippen LogP contribution in [0.2, 0.25) is 0 Å². The van der Waals surface area contributed by atoms with Gasteiger partial charge in [0.15, 0.2) is 0 Å². The summed E-state index contributed by atoms with van der Waals surface area (Å²) in [7, 11) is 1.83. The summed E-state index contributed by atoms with van der Waals surface area (Å²) in [5.74, 6) is 0. The normalized spacial score (nSPS) is 25.9. The van der Waals surface area contributed by atoms with Gasteiger partial charge in [0.25, 0.3) is 0 Å². The third-order valence-corrected chi connectivity index (χ3v) is 3.21. The molecule has 3 heteroatoms. The van der Waals surface area contributed by atoms with Crippen LogP contribution in [-0.2, 0) is 9.47 Å². The van der Waals surface area contributed by atoms with E-state index in [0.717, 1.165) is 32.6 Å². The Morgan fingerprint density at radius 2 is 2.12 bits per heavy atom. The van der Waals surface area contributed by atoms with Crippen LogP contribution in [0, 0.1) is 0 Å². The first-order chi connectivity index (χ1) is 7.86. The second-order valence-electron chi connectivity index (χ2n) is 4.64. The quantitative estimate of drug-likeness (QED) is 0.648. The van der Waals surface area contributed by atoms with Crippen LogP contribution in [0.1, 0.15) is 45.4 Å². The third kappa shape index (κ3) is 5.83. The molecule has 0 radical (unpaired) electrons. The molecule has 1 fully saturated rings. The van der Waals surface area contributed by atoms with Crippen LogP contribution in [-0.4, -0.2) is 39.0 Å². The predicted octanol–water partition coefficient (Wildman–Crippen LogP) is 2.35. The van der Waals surface area contributed by atoms with Crippen LogP contribution in [0.25, 0.3) is 0 Å². The molecule has 2 atom stereocenters. The molecule has 0 aliphatic heterocycles. The van der Waals surface area contributed by atoms with Gasteiger partial charge in [0.2, 0.25) is 0 Å². The molecule has 3 nitrogen and oxygen atoms in total. The van der Waals surface area contributed by atoms with Gasteiger partial charge in [-0.25, -0.2) is 0 Å². The minimum atomic E-state index is 0.475. The number of nitrogens with one attached hydrogen (secondary N) is 1. The van der Waals surface area contributed by atoms with E-state index in [1.165, 1.54) is 25.7 Å². The number of methoxy groups -OCH3 is 1. The predicted molar refractivity (Wildman–Crippen MR) is 66.8 cm³/mol. The Labute approximate surface area is 99.9 Å². The molecule has 0 heterocycles. The van der Waals surface area contributed by atoms with E-state index in [4.69, 9.17) is 9.47 Å². The van der Waals surface area contributed by atoms with Gasteiger partial charge in [0.05, 0.1) is 6.10 Å². The summed E-state index contributed by atoms with van der Waals surface area (Å²) < 4.78 is 10.9. The lowest BCUT2D eigenvalue weighted by Gasteiger charge is -2.28. The Kier molecular flexibility index (Phi) is 7.81. The van der Waals surface area contributed by atoms with Gasteiger partial charge >= 0.3 is 0 Å². The highest BCUT2D eigenvalue weighted by Crippen LogP contribution is 2.20. The smallest absolute Gasteiger partial charge is 0.0586 e. The molecule has 0 aromatic heterocycles. The molecule has 0 bridgehead atoms. The monoisotopic (exact) mass is 229 g/mol. The van der Waals surface area contributed by atoms with Crippen LogP contribution in [0.5, 0.6) is 0 Å². The fourth-order valence-corrected chi connectivity index (χ4v) is 2.27. The van der Waals surface area contributed by atoms with Crippen LogP contribution >= 0.6 is 0 Å². The van der Waals surface area contributed by atoms with Crippen molar-refractivity contribution in [1.29, 1.82) is 0 Å². The molecule has 2 unspecified atom stereocenters. The van der Waals surface area contributed by atoms with Gasteiger partial charge < -0.3 is 14.8 Å². The molecule has 16 heavy (non-hydrogen) atoms. The van der Waals surface area contributed by atoms with E-state index in [-0.39, 0.29) is 0 Å². The van der Waals surface area contributed by atoms with Crippen LogP contribution in [0.15, 0.2) is 0 Å². The minimum Gasteiger partial charge on any atom is -0.381 e. The Bertz CT molecular complexity index is 164. The molecule has 1 aliphatic rings. The molecular weight excluding hydrogens is 202 g/mol. The van der Waals surface area contributed by atoms with E-state index in [9.17, 15) is 0 Å². The van der Waals surface area contributed by atoms with Crippen molar-refractivity contribution in [3.8, 4) is 0 Å². The zero-order chi connectivity index (χ0) is 11.6. The first-order valence-corrected chi connectivity index (χ1v) is 6.70. The van der Waals surface area contributed by atoms with Crippen molar-refractivity contribution in [3.05, 3.63) is 0 Å². The molecule has 1 aliphatic carbocycles. The average Bonchev–Trinajstić information content (AvgIpc) is 2.34. The van der Waals surface area contributed by atoms with Crippen molar-refractivity contribution >= 4 is 0 Å². The number of hydrogen-bond donors (Lipinski definition) is 1. The molecule has 0 amide bonds. The number of ether oxygens (including phenoxy) is 2. The van der Waals surface area contributed by atoms with Crippen molar-refractivity contribution in [2.75, 3.05) is 26.9 Å². The summed E-state index contributed by atoms with van der Waals surface area (Å²) in [6.07, 6.45) is 7.71. The maximum atomic E-state index is 5.45. The first-order valence-electron chi connectivity index (χ1n) is 6.70. The lowest BCUT2D eigenvalue weighted by Crippen LogP contribution is -2.37. The van der Waals surface area contributed by atoms with Gasteiger partial charge in [-0.05, 0) is 45.1 Å². The highest BCUT2D eigenvalue weighted by molar-refractivity contribution is 4.77. The van der Waals surface area contributed by atoms with Gasteiger partial charge in [-0.15, -0.1) is 0 Å². The zero-order valence-corrected chi connectivity index (χ0v) is 10.8. The Morgan fingerprint density at radius 3 is 2.88 bits per heavy atom. The summed E-state index contributed by atoms with van der Waals surface area (Å²) in [6.45, 7) is 5.01. The molecule has 1 N–H and O–H groups in total. The van der Waals surface area contributed by atoms with Crippen molar-refractivity contribution in [2.45, 2.75) is 57.6 Å². The van der Waals surface area contributed by atoms with Gasteiger partial charge in [-0.1, -0.05) is 6.92 Å².